The number of carbonyl (C=O) groups excluding carboxylic acids is 1. The smallest absolute Gasteiger partial charge is 0.251 e. The summed E-state index contributed by atoms with van der Waals surface area (Å²) < 4.78 is 25.5. The highest BCUT2D eigenvalue weighted by Gasteiger charge is 2.25. The summed E-state index contributed by atoms with van der Waals surface area (Å²) in [5.74, 6) is 0.192. The van der Waals surface area contributed by atoms with E-state index >= 15 is 0 Å². The molecule has 0 atom stereocenters. The number of carbonyl (C=O) groups is 1. The topological polar surface area (TPSA) is 69.7 Å². The molecule has 1 heterocycles. The van der Waals surface area contributed by atoms with E-state index in [-0.39, 0.29) is 11.7 Å². The highest BCUT2D eigenvalue weighted by atomic mass is 32.2. The highest BCUT2D eigenvalue weighted by molar-refractivity contribution is 7.89. The molecule has 6 nitrogen and oxygen atoms in total. The van der Waals surface area contributed by atoms with Crippen LogP contribution in [-0.4, -0.2) is 61.5 Å². The SMILES string of the molecule is CCS(=O)(=O)N1CCN(Cc2ccc(C(=O)NC3CCCCCCC3)cc2)CC1. The van der Waals surface area contributed by atoms with Crippen molar-refractivity contribution in [2.75, 3.05) is 31.9 Å². The Bertz CT molecular complexity index is 748. The fourth-order valence-electron chi connectivity index (χ4n) is 4.24. The van der Waals surface area contributed by atoms with Crippen molar-refractivity contribution in [3.8, 4) is 0 Å². The third kappa shape index (κ3) is 6.52. The van der Waals surface area contributed by atoms with Gasteiger partial charge in [0.15, 0.2) is 0 Å². The Morgan fingerprint density at radius 2 is 1.55 bits per heavy atom. The molecule has 29 heavy (non-hydrogen) atoms. The fourth-order valence-corrected chi connectivity index (χ4v) is 5.32. The summed E-state index contributed by atoms with van der Waals surface area (Å²) in [5, 5.41) is 3.22. The molecule has 1 N–H and O–H groups in total. The molecule has 1 saturated heterocycles. The second-order valence-corrected chi connectivity index (χ2v) is 10.5. The first-order valence-corrected chi connectivity index (χ1v) is 12.7. The van der Waals surface area contributed by atoms with Crippen molar-refractivity contribution in [1.82, 2.24) is 14.5 Å². The zero-order valence-electron chi connectivity index (χ0n) is 17.6. The van der Waals surface area contributed by atoms with Gasteiger partial charge in [-0.15, -0.1) is 0 Å². The first kappa shape index (κ1) is 22.2. The summed E-state index contributed by atoms with van der Waals surface area (Å²) in [6.45, 7) is 5.06. The molecule has 7 heteroatoms. The van der Waals surface area contributed by atoms with Gasteiger partial charge in [0.1, 0.15) is 0 Å². The zero-order chi connectivity index (χ0) is 20.7. The first-order valence-electron chi connectivity index (χ1n) is 11.1. The predicted octanol–water partition coefficient (Wildman–Crippen LogP) is 3.00. The molecular formula is C22H35N3O3S. The third-order valence-electron chi connectivity index (χ3n) is 6.15. The number of rotatable bonds is 6. The molecule has 162 valence electrons. The van der Waals surface area contributed by atoms with Crippen LogP contribution in [0.4, 0.5) is 0 Å². The second-order valence-electron chi connectivity index (χ2n) is 8.29. The first-order chi connectivity index (χ1) is 14.0. The maximum absolute atomic E-state index is 12.6. The van der Waals surface area contributed by atoms with Crippen LogP contribution in [0.3, 0.4) is 0 Å². The Kier molecular flexibility index (Phi) is 8.09. The monoisotopic (exact) mass is 421 g/mol. The number of benzene rings is 1. The molecule has 1 amide bonds. The second kappa shape index (κ2) is 10.5. The van der Waals surface area contributed by atoms with Crippen molar-refractivity contribution in [2.45, 2.75) is 64.5 Å². The number of amides is 1. The Hall–Kier alpha value is -1.44. The molecule has 1 aliphatic carbocycles. The van der Waals surface area contributed by atoms with Crippen molar-refractivity contribution < 1.29 is 13.2 Å². The predicted molar refractivity (Wildman–Crippen MR) is 116 cm³/mol. The maximum atomic E-state index is 12.6. The van der Waals surface area contributed by atoms with Gasteiger partial charge in [0.25, 0.3) is 5.91 Å². The Labute approximate surface area is 175 Å². The maximum Gasteiger partial charge on any atom is 0.251 e. The summed E-state index contributed by atoms with van der Waals surface area (Å²) in [6.07, 6.45) is 8.46. The molecule has 3 rings (SSSR count). The van der Waals surface area contributed by atoms with E-state index in [1.807, 2.05) is 24.3 Å². The minimum atomic E-state index is -3.09. The van der Waals surface area contributed by atoms with Crippen LogP contribution in [0.1, 0.15) is 67.8 Å². The van der Waals surface area contributed by atoms with E-state index in [2.05, 4.69) is 10.2 Å². The van der Waals surface area contributed by atoms with Gasteiger partial charge in [-0.2, -0.15) is 4.31 Å². The Morgan fingerprint density at radius 3 is 2.14 bits per heavy atom. The van der Waals surface area contributed by atoms with Gasteiger partial charge >= 0.3 is 0 Å². The zero-order valence-corrected chi connectivity index (χ0v) is 18.4. The van der Waals surface area contributed by atoms with E-state index in [0.717, 1.165) is 43.6 Å². The largest absolute Gasteiger partial charge is 0.349 e. The van der Waals surface area contributed by atoms with E-state index in [0.29, 0.717) is 19.1 Å². The van der Waals surface area contributed by atoms with Crippen molar-refractivity contribution in [3.63, 3.8) is 0 Å². The molecule has 1 aliphatic heterocycles. The normalized spacial score (nSPS) is 20.7. The van der Waals surface area contributed by atoms with Crippen LogP contribution in [0.5, 0.6) is 0 Å². The van der Waals surface area contributed by atoms with E-state index in [9.17, 15) is 13.2 Å². The van der Waals surface area contributed by atoms with E-state index in [1.165, 1.54) is 32.1 Å². The Balaban J connectivity index is 1.48. The van der Waals surface area contributed by atoms with Crippen molar-refractivity contribution >= 4 is 15.9 Å². The molecular weight excluding hydrogens is 386 g/mol. The van der Waals surface area contributed by atoms with Gasteiger partial charge in [-0.1, -0.05) is 44.2 Å². The van der Waals surface area contributed by atoms with Gasteiger partial charge in [0.05, 0.1) is 5.75 Å². The molecule has 0 spiro atoms. The lowest BCUT2D eigenvalue weighted by molar-refractivity contribution is 0.0930. The van der Waals surface area contributed by atoms with Crippen molar-refractivity contribution in [2.24, 2.45) is 0 Å². The Morgan fingerprint density at radius 1 is 0.966 bits per heavy atom. The van der Waals surface area contributed by atoms with Crippen molar-refractivity contribution in [1.29, 1.82) is 0 Å². The molecule has 1 aromatic carbocycles. The van der Waals surface area contributed by atoms with Gasteiger partial charge in [-0.25, -0.2) is 8.42 Å². The minimum Gasteiger partial charge on any atom is -0.349 e. The number of nitrogens with one attached hydrogen (secondary N) is 1. The molecule has 1 saturated carbocycles. The number of piperazine rings is 1. The number of sulfonamides is 1. The molecule has 2 fully saturated rings. The van der Waals surface area contributed by atoms with E-state index in [1.54, 1.807) is 11.2 Å². The molecule has 1 aromatic rings. The number of hydrogen-bond donors (Lipinski definition) is 1. The van der Waals surface area contributed by atoms with Gasteiger partial charge in [0.2, 0.25) is 10.0 Å². The minimum absolute atomic E-state index is 0.0283. The van der Waals surface area contributed by atoms with Crippen LogP contribution in [-0.2, 0) is 16.6 Å². The van der Waals surface area contributed by atoms with E-state index in [4.69, 9.17) is 0 Å². The third-order valence-corrected chi connectivity index (χ3v) is 8.03. The number of nitrogens with zero attached hydrogens (tertiary/aromatic N) is 2. The van der Waals surface area contributed by atoms with Gasteiger partial charge in [-0.05, 0) is 37.5 Å². The molecule has 0 radical (unpaired) electrons. The van der Waals surface area contributed by atoms with Crippen LogP contribution >= 0.6 is 0 Å². The van der Waals surface area contributed by atoms with Gasteiger partial charge < -0.3 is 5.32 Å². The van der Waals surface area contributed by atoms with Crippen molar-refractivity contribution in [3.05, 3.63) is 35.4 Å². The quantitative estimate of drug-likeness (QED) is 0.767. The average Bonchev–Trinajstić information content (AvgIpc) is 2.71. The van der Waals surface area contributed by atoms with Gasteiger partial charge in [0, 0.05) is 44.3 Å². The standard InChI is InChI=1S/C22H35N3O3S/c1-2-29(27,28)25-16-14-24(15-17-25)18-19-10-12-20(13-11-19)22(26)23-21-8-6-4-3-5-7-9-21/h10-13,21H,2-9,14-18H2,1H3,(H,23,26). The van der Waals surface area contributed by atoms with Crippen LogP contribution in [0.25, 0.3) is 0 Å². The summed E-state index contributed by atoms with van der Waals surface area (Å²) in [4.78, 5) is 14.9. The molecule has 0 bridgehead atoms. The van der Waals surface area contributed by atoms with Crippen LogP contribution in [0, 0.1) is 0 Å². The average molecular weight is 422 g/mol. The van der Waals surface area contributed by atoms with Crippen LogP contribution in [0.2, 0.25) is 0 Å². The van der Waals surface area contributed by atoms with Gasteiger partial charge in [-0.3, -0.25) is 9.69 Å². The molecule has 0 unspecified atom stereocenters. The lowest BCUT2D eigenvalue weighted by Crippen LogP contribution is -2.48. The van der Waals surface area contributed by atoms with Crippen LogP contribution < -0.4 is 5.32 Å². The lowest BCUT2D eigenvalue weighted by atomic mass is 9.96. The van der Waals surface area contributed by atoms with E-state index < -0.39 is 10.0 Å². The summed E-state index contributed by atoms with van der Waals surface area (Å²) >= 11 is 0. The number of hydrogen-bond acceptors (Lipinski definition) is 4. The summed E-state index contributed by atoms with van der Waals surface area (Å²) in [5.41, 5.74) is 1.87. The summed E-state index contributed by atoms with van der Waals surface area (Å²) in [6, 6.07) is 8.15. The highest BCUT2D eigenvalue weighted by Crippen LogP contribution is 2.18. The molecule has 0 aromatic heterocycles. The summed E-state index contributed by atoms with van der Waals surface area (Å²) in [7, 11) is -3.09. The van der Waals surface area contributed by atoms with Crippen LogP contribution in [0.15, 0.2) is 24.3 Å². The fraction of sp³-hybridized carbons (Fsp3) is 0.682. The molecule has 2 aliphatic rings. The lowest BCUT2D eigenvalue weighted by Gasteiger charge is -2.33.